The highest BCUT2D eigenvalue weighted by molar-refractivity contribution is 7.92. The SMILES string of the molecule is CCC(C)S(=O)(=O)C(C)C(C)C(=O)OC. The number of methoxy groups -OCH3 is 1. The van der Waals surface area contributed by atoms with Gasteiger partial charge in [0.15, 0.2) is 9.84 Å². The van der Waals surface area contributed by atoms with E-state index < -0.39 is 32.2 Å². The third-order valence-corrected chi connectivity index (χ3v) is 5.83. The number of hydrogen-bond acceptors (Lipinski definition) is 4. The first-order chi connectivity index (χ1) is 6.78. The van der Waals surface area contributed by atoms with Crippen molar-refractivity contribution in [1.29, 1.82) is 0 Å². The van der Waals surface area contributed by atoms with Crippen molar-refractivity contribution in [3.05, 3.63) is 0 Å². The summed E-state index contributed by atoms with van der Waals surface area (Å²) in [5.41, 5.74) is 0. The van der Waals surface area contributed by atoms with E-state index in [1.54, 1.807) is 20.8 Å². The van der Waals surface area contributed by atoms with E-state index in [9.17, 15) is 13.2 Å². The van der Waals surface area contributed by atoms with Crippen LogP contribution in [0, 0.1) is 5.92 Å². The number of carbonyl (C=O) groups is 1. The van der Waals surface area contributed by atoms with Gasteiger partial charge in [-0.25, -0.2) is 8.42 Å². The van der Waals surface area contributed by atoms with E-state index in [1.165, 1.54) is 7.11 Å². The number of hydrogen-bond donors (Lipinski definition) is 0. The van der Waals surface area contributed by atoms with Gasteiger partial charge in [0.25, 0.3) is 0 Å². The van der Waals surface area contributed by atoms with Crippen molar-refractivity contribution in [3.63, 3.8) is 0 Å². The van der Waals surface area contributed by atoms with Gasteiger partial charge in [-0.05, 0) is 20.3 Å². The Hall–Kier alpha value is -0.580. The van der Waals surface area contributed by atoms with Crippen LogP contribution in [-0.2, 0) is 19.4 Å². The van der Waals surface area contributed by atoms with Crippen molar-refractivity contribution in [3.8, 4) is 0 Å². The summed E-state index contributed by atoms with van der Waals surface area (Å²) in [4.78, 5) is 11.2. The summed E-state index contributed by atoms with van der Waals surface area (Å²) >= 11 is 0. The fourth-order valence-electron chi connectivity index (χ4n) is 1.26. The van der Waals surface area contributed by atoms with Gasteiger partial charge in [0.1, 0.15) is 0 Å². The molecule has 0 N–H and O–H groups in total. The van der Waals surface area contributed by atoms with Gasteiger partial charge in [0.2, 0.25) is 0 Å². The zero-order chi connectivity index (χ0) is 12.2. The molecule has 0 aromatic rings. The quantitative estimate of drug-likeness (QED) is 0.677. The van der Waals surface area contributed by atoms with Gasteiger partial charge in [-0.2, -0.15) is 0 Å². The molecule has 4 nitrogen and oxygen atoms in total. The summed E-state index contributed by atoms with van der Waals surface area (Å²) in [5.74, 6) is -1.09. The maximum Gasteiger partial charge on any atom is 0.309 e. The topological polar surface area (TPSA) is 60.4 Å². The molecular weight excluding hydrogens is 216 g/mol. The summed E-state index contributed by atoms with van der Waals surface area (Å²) in [7, 11) is -1.98. The van der Waals surface area contributed by atoms with Gasteiger partial charge < -0.3 is 4.74 Å². The number of esters is 1. The smallest absolute Gasteiger partial charge is 0.309 e. The molecule has 90 valence electrons. The Kier molecular flexibility index (Phi) is 5.28. The van der Waals surface area contributed by atoms with Crippen LogP contribution in [0.4, 0.5) is 0 Å². The van der Waals surface area contributed by atoms with E-state index in [4.69, 9.17) is 0 Å². The Bertz CT molecular complexity index is 307. The Morgan fingerprint density at radius 1 is 1.27 bits per heavy atom. The zero-order valence-corrected chi connectivity index (χ0v) is 10.8. The number of ether oxygens (including phenoxy) is 1. The molecule has 0 rings (SSSR count). The molecule has 0 saturated carbocycles. The van der Waals surface area contributed by atoms with E-state index >= 15 is 0 Å². The first-order valence-corrected chi connectivity index (χ1v) is 6.70. The summed E-state index contributed by atoms with van der Waals surface area (Å²) in [6, 6.07) is 0. The highest BCUT2D eigenvalue weighted by atomic mass is 32.2. The Balaban J connectivity index is 4.85. The first-order valence-electron chi connectivity index (χ1n) is 5.09. The van der Waals surface area contributed by atoms with E-state index in [0.29, 0.717) is 6.42 Å². The molecule has 0 aliphatic heterocycles. The van der Waals surface area contributed by atoms with Crippen molar-refractivity contribution < 1.29 is 17.9 Å². The van der Waals surface area contributed by atoms with Crippen LogP contribution in [-0.4, -0.2) is 32.0 Å². The lowest BCUT2D eigenvalue weighted by molar-refractivity contribution is -0.144. The molecule has 3 atom stereocenters. The second-order valence-electron chi connectivity index (χ2n) is 3.82. The van der Waals surface area contributed by atoms with Crippen LogP contribution in [0.3, 0.4) is 0 Å². The monoisotopic (exact) mass is 236 g/mol. The zero-order valence-electron chi connectivity index (χ0n) is 9.98. The molecule has 0 aliphatic rings. The second-order valence-corrected chi connectivity index (χ2v) is 6.55. The highest BCUT2D eigenvalue weighted by Gasteiger charge is 2.34. The maximum absolute atomic E-state index is 11.9. The standard InChI is InChI=1S/C10H20O4S/c1-6-7(2)15(12,13)9(4)8(3)10(11)14-5/h7-9H,6H2,1-5H3. The summed E-state index contributed by atoms with van der Waals surface area (Å²) < 4.78 is 28.4. The molecule has 0 radical (unpaired) electrons. The third-order valence-electron chi connectivity index (χ3n) is 2.93. The minimum atomic E-state index is -3.24. The summed E-state index contributed by atoms with van der Waals surface area (Å²) in [5, 5.41) is -1.11. The molecule has 0 amide bonds. The molecule has 0 heterocycles. The minimum Gasteiger partial charge on any atom is -0.469 e. The van der Waals surface area contributed by atoms with Gasteiger partial charge in [0, 0.05) is 0 Å². The minimum absolute atomic E-state index is 0.417. The van der Waals surface area contributed by atoms with E-state index in [-0.39, 0.29) is 0 Å². The molecule has 3 unspecified atom stereocenters. The normalized spacial score (nSPS) is 17.9. The maximum atomic E-state index is 11.9. The van der Waals surface area contributed by atoms with E-state index in [2.05, 4.69) is 4.74 Å². The van der Waals surface area contributed by atoms with Crippen LogP contribution in [0.2, 0.25) is 0 Å². The lowest BCUT2D eigenvalue weighted by Crippen LogP contribution is -2.36. The molecule has 15 heavy (non-hydrogen) atoms. The molecule has 5 heteroatoms. The van der Waals surface area contributed by atoms with E-state index in [1.807, 2.05) is 6.92 Å². The van der Waals surface area contributed by atoms with Crippen LogP contribution >= 0.6 is 0 Å². The lowest BCUT2D eigenvalue weighted by Gasteiger charge is -2.21. The van der Waals surface area contributed by atoms with Gasteiger partial charge in [0.05, 0.1) is 23.5 Å². The first kappa shape index (κ1) is 14.4. The van der Waals surface area contributed by atoms with E-state index in [0.717, 1.165) is 0 Å². The molecule has 0 spiro atoms. The predicted octanol–water partition coefficient (Wildman–Crippen LogP) is 1.40. The highest BCUT2D eigenvalue weighted by Crippen LogP contribution is 2.19. The van der Waals surface area contributed by atoms with Gasteiger partial charge in [-0.15, -0.1) is 0 Å². The summed E-state index contributed by atoms with van der Waals surface area (Å²) in [6.07, 6.45) is 0.556. The molecule has 0 fully saturated rings. The van der Waals surface area contributed by atoms with Crippen LogP contribution in [0.25, 0.3) is 0 Å². The molecule has 0 bridgehead atoms. The fraction of sp³-hybridized carbons (Fsp3) is 0.900. The molecule has 0 aliphatic carbocycles. The van der Waals surface area contributed by atoms with Crippen molar-refractivity contribution >= 4 is 15.8 Å². The number of carbonyl (C=O) groups excluding carboxylic acids is 1. The fourth-order valence-corrected chi connectivity index (χ4v) is 3.14. The average Bonchev–Trinajstić information content (AvgIpc) is 2.24. The molecule has 0 saturated heterocycles. The molecular formula is C10H20O4S. The van der Waals surface area contributed by atoms with Gasteiger partial charge >= 0.3 is 5.97 Å². The van der Waals surface area contributed by atoms with Crippen molar-refractivity contribution in [2.24, 2.45) is 5.92 Å². The Labute approximate surface area is 91.9 Å². The summed E-state index contributed by atoms with van der Waals surface area (Å²) in [6.45, 7) is 6.62. The third kappa shape index (κ3) is 3.19. The lowest BCUT2D eigenvalue weighted by atomic mass is 10.1. The average molecular weight is 236 g/mol. The molecule has 0 aromatic carbocycles. The van der Waals surface area contributed by atoms with Crippen LogP contribution in [0.5, 0.6) is 0 Å². The Morgan fingerprint density at radius 2 is 1.73 bits per heavy atom. The van der Waals surface area contributed by atoms with Crippen molar-refractivity contribution in [2.75, 3.05) is 7.11 Å². The van der Waals surface area contributed by atoms with Crippen molar-refractivity contribution in [2.45, 2.75) is 44.6 Å². The number of rotatable bonds is 5. The van der Waals surface area contributed by atoms with Crippen LogP contribution in [0.15, 0.2) is 0 Å². The molecule has 0 aromatic heterocycles. The van der Waals surface area contributed by atoms with Gasteiger partial charge in [-0.3, -0.25) is 4.79 Å². The van der Waals surface area contributed by atoms with Crippen LogP contribution in [0.1, 0.15) is 34.1 Å². The second kappa shape index (κ2) is 5.49. The van der Waals surface area contributed by atoms with Gasteiger partial charge in [-0.1, -0.05) is 13.8 Å². The largest absolute Gasteiger partial charge is 0.469 e. The Morgan fingerprint density at radius 3 is 2.07 bits per heavy atom. The van der Waals surface area contributed by atoms with Crippen molar-refractivity contribution in [1.82, 2.24) is 0 Å². The number of sulfone groups is 1. The predicted molar refractivity (Wildman–Crippen MR) is 59.3 cm³/mol. The van der Waals surface area contributed by atoms with Crippen LogP contribution < -0.4 is 0 Å².